The summed E-state index contributed by atoms with van der Waals surface area (Å²) in [6.45, 7) is 0. The van der Waals surface area contributed by atoms with Crippen LogP contribution in [0.5, 0.6) is 0 Å². The maximum absolute atomic E-state index is 11.8. The minimum absolute atomic E-state index is 0.291. The van der Waals surface area contributed by atoms with Crippen molar-refractivity contribution in [3.05, 3.63) is 63.6 Å². The fourth-order valence-electron chi connectivity index (χ4n) is 1.48. The second kappa shape index (κ2) is 7.40. The zero-order valence-corrected chi connectivity index (χ0v) is 13.8. The third kappa shape index (κ3) is 5.00. The van der Waals surface area contributed by atoms with E-state index in [1.165, 1.54) is 0 Å². The Morgan fingerprint density at radius 1 is 1.00 bits per heavy atom. The molecule has 21 heavy (non-hydrogen) atoms. The van der Waals surface area contributed by atoms with Gasteiger partial charge in [-0.15, -0.1) is 0 Å². The van der Waals surface area contributed by atoms with Gasteiger partial charge in [-0.2, -0.15) is 0 Å². The average molecular weight is 385 g/mol. The van der Waals surface area contributed by atoms with Gasteiger partial charge in [-0.25, -0.2) is 0 Å². The molecule has 3 N–H and O–H groups in total. The molecule has 0 aromatic heterocycles. The molecule has 0 aliphatic carbocycles. The quantitative estimate of drug-likeness (QED) is 0.545. The molecule has 7 heteroatoms. The molecule has 0 atom stereocenters. The largest absolute Gasteiger partial charge is 0.331 e. The molecule has 4 nitrogen and oxygen atoms in total. The highest BCUT2D eigenvalue weighted by atomic mass is 79.9. The number of hydrogen-bond donors (Lipinski definition) is 3. The SMILES string of the molecule is O=C(NNC(=S)Nc1ccc(Br)cc1)c1ccc(Cl)cc1. The molecular formula is C14H11BrClN3OS. The molecule has 2 aromatic carbocycles. The molecule has 0 aliphatic heterocycles. The second-order valence-corrected chi connectivity index (χ2v) is 5.81. The number of carbonyl (C=O) groups is 1. The van der Waals surface area contributed by atoms with E-state index in [0.717, 1.165) is 10.2 Å². The van der Waals surface area contributed by atoms with Gasteiger partial charge in [0.05, 0.1) is 0 Å². The van der Waals surface area contributed by atoms with Gasteiger partial charge in [0, 0.05) is 20.7 Å². The highest BCUT2D eigenvalue weighted by Crippen LogP contribution is 2.13. The normalized spacial score (nSPS) is 9.81. The monoisotopic (exact) mass is 383 g/mol. The van der Waals surface area contributed by atoms with Crippen LogP contribution in [-0.2, 0) is 0 Å². The summed E-state index contributed by atoms with van der Waals surface area (Å²) >= 11 is 14.2. The number of carbonyl (C=O) groups excluding carboxylic acids is 1. The number of rotatable bonds is 2. The molecule has 0 heterocycles. The minimum Gasteiger partial charge on any atom is -0.331 e. The molecular weight excluding hydrogens is 374 g/mol. The van der Waals surface area contributed by atoms with Crippen LogP contribution < -0.4 is 16.2 Å². The lowest BCUT2D eigenvalue weighted by atomic mass is 10.2. The van der Waals surface area contributed by atoms with Gasteiger partial charge in [0.15, 0.2) is 5.11 Å². The van der Waals surface area contributed by atoms with E-state index in [1.54, 1.807) is 24.3 Å². The predicted molar refractivity (Wildman–Crippen MR) is 92.4 cm³/mol. The summed E-state index contributed by atoms with van der Waals surface area (Å²) in [6.07, 6.45) is 0. The average Bonchev–Trinajstić information content (AvgIpc) is 2.48. The van der Waals surface area contributed by atoms with Gasteiger partial charge < -0.3 is 5.32 Å². The Kier molecular flexibility index (Phi) is 5.55. The first-order valence-corrected chi connectivity index (χ1v) is 7.51. The molecule has 2 rings (SSSR count). The van der Waals surface area contributed by atoms with E-state index in [-0.39, 0.29) is 5.91 Å². The Hall–Kier alpha value is -1.63. The van der Waals surface area contributed by atoms with E-state index >= 15 is 0 Å². The van der Waals surface area contributed by atoms with Crippen molar-refractivity contribution in [1.82, 2.24) is 10.9 Å². The van der Waals surface area contributed by atoms with Crippen LogP contribution in [0.4, 0.5) is 5.69 Å². The van der Waals surface area contributed by atoms with Crippen LogP contribution in [0.25, 0.3) is 0 Å². The molecule has 0 unspecified atom stereocenters. The fraction of sp³-hybridized carbons (Fsp3) is 0. The van der Waals surface area contributed by atoms with Crippen molar-refractivity contribution >= 4 is 56.5 Å². The van der Waals surface area contributed by atoms with Gasteiger partial charge >= 0.3 is 0 Å². The summed E-state index contributed by atoms with van der Waals surface area (Å²) in [6, 6.07) is 14.0. The minimum atomic E-state index is -0.299. The number of halogens is 2. The third-order valence-electron chi connectivity index (χ3n) is 2.50. The van der Waals surface area contributed by atoms with E-state index in [0.29, 0.717) is 15.7 Å². The van der Waals surface area contributed by atoms with Crippen molar-refractivity contribution in [3.63, 3.8) is 0 Å². The Balaban J connectivity index is 1.84. The van der Waals surface area contributed by atoms with Crippen molar-refractivity contribution in [2.75, 3.05) is 5.32 Å². The molecule has 0 saturated carbocycles. The highest BCUT2D eigenvalue weighted by molar-refractivity contribution is 9.10. The van der Waals surface area contributed by atoms with Crippen LogP contribution in [0.15, 0.2) is 53.0 Å². The topological polar surface area (TPSA) is 53.2 Å². The zero-order valence-electron chi connectivity index (χ0n) is 10.7. The molecule has 0 radical (unpaired) electrons. The molecule has 0 fully saturated rings. The predicted octanol–water partition coefficient (Wildman–Crippen LogP) is 3.73. The van der Waals surface area contributed by atoms with E-state index in [4.69, 9.17) is 23.8 Å². The molecule has 0 saturated heterocycles. The van der Waals surface area contributed by atoms with Crippen molar-refractivity contribution in [3.8, 4) is 0 Å². The van der Waals surface area contributed by atoms with Crippen molar-refractivity contribution in [2.45, 2.75) is 0 Å². The maximum atomic E-state index is 11.8. The van der Waals surface area contributed by atoms with Crippen LogP contribution in [0.3, 0.4) is 0 Å². The molecule has 0 spiro atoms. The van der Waals surface area contributed by atoms with Crippen LogP contribution in [0.1, 0.15) is 10.4 Å². The number of nitrogens with one attached hydrogen (secondary N) is 3. The summed E-state index contributed by atoms with van der Waals surface area (Å²) in [5.41, 5.74) is 6.44. The van der Waals surface area contributed by atoms with E-state index < -0.39 is 0 Å². The first-order chi connectivity index (χ1) is 10.0. The lowest BCUT2D eigenvalue weighted by Gasteiger charge is -2.11. The smallest absolute Gasteiger partial charge is 0.269 e. The van der Waals surface area contributed by atoms with Crippen LogP contribution in [-0.4, -0.2) is 11.0 Å². The molecule has 108 valence electrons. The molecule has 1 amide bonds. The van der Waals surface area contributed by atoms with E-state index in [1.807, 2.05) is 24.3 Å². The summed E-state index contributed by atoms with van der Waals surface area (Å²) in [4.78, 5) is 11.8. The van der Waals surface area contributed by atoms with Gasteiger partial charge in [0.25, 0.3) is 5.91 Å². The van der Waals surface area contributed by atoms with Crippen molar-refractivity contribution in [2.24, 2.45) is 0 Å². The molecule has 0 bridgehead atoms. The Morgan fingerprint density at radius 3 is 2.24 bits per heavy atom. The third-order valence-corrected chi connectivity index (χ3v) is 3.48. The van der Waals surface area contributed by atoms with E-state index in [9.17, 15) is 4.79 Å². The van der Waals surface area contributed by atoms with Gasteiger partial charge in [-0.05, 0) is 60.7 Å². The Morgan fingerprint density at radius 2 is 1.62 bits per heavy atom. The standard InChI is InChI=1S/C14H11BrClN3OS/c15-10-3-7-12(8-4-10)17-14(21)19-18-13(20)9-1-5-11(16)6-2-9/h1-8H,(H,18,20)(H2,17,19,21). The molecule has 0 aliphatic rings. The fourth-order valence-corrected chi connectivity index (χ4v) is 2.04. The van der Waals surface area contributed by atoms with Gasteiger partial charge in [0.1, 0.15) is 0 Å². The lowest BCUT2D eigenvalue weighted by Crippen LogP contribution is -2.43. The summed E-state index contributed by atoms with van der Waals surface area (Å²) in [5.74, 6) is -0.299. The number of benzene rings is 2. The van der Waals surface area contributed by atoms with Crippen LogP contribution in [0, 0.1) is 0 Å². The number of hydrogen-bond acceptors (Lipinski definition) is 2. The zero-order chi connectivity index (χ0) is 15.2. The first kappa shape index (κ1) is 15.8. The van der Waals surface area contributed by atoms with Crippen LogP contribution in [0.2, 0.25) is 5.02 Å². The number of anilines is 1. The van der Waals surface area contributed by atoms with Gasteiger partial charge in [-0.3, -0.25) is 15.6 Å². The number of hydrazine groups is 1. The van der Waals surface area contributed by atoms with Gasteiger partial charge in [-0.1, -0.05) is 27.5 Å². The highest BCUT2D eigenvalue weighted by Gasteiger charge is 2.05. The summed E-state index contributed by atoms with van der Waals surface area (Å²) < 4.78 is 0.975. The Labute approximate surface area is 141 Å². The lowest BCUT2D eigenvalue weighted by molar-refractivity contribution is 0.0944. The van der Waals surface area contributed by atoms with Crippen LogP contribution >= 0.6 is 39.7 Å². The Bertz CT molecular complexity index is 646. The number of thiocarbonyl (C=S) groups is 1. The van der Waals surface area contributed by atoms with Gasteiger partial charge in [0.2, 0.25) is 0 Å². The van der Waals surface area contributed by atoms with Crippen molar-refractivity contribution in [1.29, 1.82) is 0 Å². The summed E-state index contributed by atoms with van der Waals surface area (Å²) in [5, 5.41) is 3.82. The van der Waals surface area contributed by atoms with Crippen molar-refractivity contribution < 1.29 is 4.79 Å². The second-order valence-electron chi connectivity index (χ2n) is 4.05. The number of amides is 1. The summed E-state index contributed by atoms with van der Waals surface area (Å²) in [7, 11) is 0. The van der Waals surface area contributed by atoms with E-state index in [2.05, 4.69) is 32.1 Å². The maximum Gasteiger partial charge on any atom is 0.269 e. The molecule has 2 aromatic rings. The first-order valence-electron chi connectivity index (χ1n) is 5.93.